The van der Waals surface area contributed by atoms with E-state index < -0.39 is 5.97 Å². The fraction of sp³-hybridized carbons (Fsp3) is 0.368. The number of pyridine rings is 1. The van der Waals surface area contributed by atoms with Crippen molar-refractivity contribution in [3.8, 4) is 0 Å². The van der Waals surface area contributed by atoms with Crippen LogP contribution in [0.4, 0.5) is 0 Å². The zero-order chi connectivity index (χ0) is 17.1. The number of likely N-dealkylation sites (tertiary alicyclic amines) is 1. The molecule has 2 atom stereocenters. The maximum Gasteiger partial charge on any atom is 0.307 e. The van der Waals surface area contributed by atoms with Gasteiger partial charge in [0, 0.05) is 17.8 Å². The van der Waals surface area contributed by atoms with Gasteiger partial charge in [0.05, 0.1) is 17.7 Å². The number of rotatable bonds is 4. The highest BCUT2D eigenvalue weighted by Gasteiger charge is 2.32. The topological polar surface area (TPSA) is 53.4 Å². The van der Waals surface area contributed by atoms with E-state index in [1.165, 1.54) is 0 Å². The second kappa shape index (κ2) is 7.32. The molecule has 1 aromatic carbocycles. The van der Waals surface area contributed by atoms with Gasteiger partial charge in [0.1, 0.15) is 0 Å². The number of piperidine rings is 1. The smallest absolute Gasteiger partial charge is 0.307 e. The number of nitrogens with zero attached hydrogens (tertiary/aromatic N) is 2. The number of aromatic nitrogens is 1. The van der Waals surface area contributed by atoms with Gasteiger partial charge in [0.2, 0.25) is 0 Å². The lowest BCUT2D eigenvalue weighted by molar-refractivity contribution is -0.143. The van der Waals surface area contributed by atoms with Crippen LogP contribution >= 0.6 is 11.6 Å². The van der Waals surface area contributed by atoms with Crippen molar-refractivity contribution in [2.24, 2.45) is 5.92 Å². The first kappa shape index (κ1) is 16.9. The summed E-state index contributed by atoms with van der Waals surface area (Å²) in [5, 5.41) is 10.1. The minimum Gasteiger partial charge on any atom is -0.481 e. The fourth-order valence-corrected chi connectivity index (χ4v) is 3.54. The second-order valence-electron chi connectivity index (χ2n) is 6.33. The van der Waals surface area contributed by atoms with Crippen LogP contribution in [0.25, 0.3) is 0 Å². The lowest BCUT2D eigenvalue weighted by Gasteiger charge is -2.37. The summed E-state index contributed by atoms with van der Waals surface area (Å²) in [6.45, 7) is 3.45. The minimum absolute atomic E-state index is 0.0504. The van der Waals surface area contributed by atoms with E-state index in [0.717, 1.165) is 36.2 Å². The summed E-state index contributed by atoms with van der Waals surface area (Å²) in [5.74, 6) is -1.04. The molecule has 2 heterocycles. The predicted molar refractivity (Wildman–Crippen MR) is 94.2 cm³/mol. The number of hydrogen-bond donors (Lipinski definition) is 1. The summed E-state index contributed by atoms with van der Waals surface area (Å²) in [6, 6.07) is 11.7. The van der Waals surface area contributed by atoms with Gasteiger partial charge in [-0.2, -0.15) is 0 Å². The summed E-state index contributed by atoms with van der Waals surface area (Å²) >= 11 is 6.04. The minimum atomic E-state index is -0.715. The van der Waals surface area contributed by atoms with E-state index in [2.05, 4.69) is 9.88 Å². The number of aliphatic carboxylic acids is 1. The third kappa shape index (κ3) is 3.60. The van der Waals surface area contributed by atoms with Crippen molar-refractivity contribution in [1.29, 1.82) is 0 Å². The highest BCUT2D eigenvalue weighted by atomic mass is 35.5. The van der Waals surface area contributed by atoms with Gasteiger partial charge in [-0.15, -0.1) is 0 Å². The summed E-state index contributed by atoms with van der Waals surface area (Å²) in [5.41, 5.74) is 3.17. The molecular weight excluding hydrogens is 324 g/mol. The van der Waals surface area contributed by atoms with Crippen molar-refractivity contribution < 1.29 is 9.90 Å². The molecule has 0 bridgehead atoms. The van der Waals surface area contributed by atoms with E-state index in [1.807, 2.05) is 43.3 Å². The van der Waals surface area contributed by atoms with Gasteiger partial charge >= 0.3 is 5.97 Å². The van der Waals surface area contributed by atoms with Gasteiger partial charge in [-0.25, -0.2) is 0 Å². The van der Waals surface area contributed by atoms with Crippen molar-refractivity contribution in [2.75, 3.05) is 13.1 Å². The van der Waals surface area contributed by atoms with Gasteiger partial charge in [0.25, 0.3) is 0 Å². The molecule has 24 heavy (non-hydrogen) atoms. The highest BCUT2D eigenvalue weighted by molar-refractivity contribution is 6.30. The Bertz CT molecular complexity index is 718. The average molecular weight is 345 g/mol. The maximum atomic E-state index is 11.4. The Labute approximate surface area is 147 Å². The first-order chi connectivity index (χ1) is 11.6. The lowest BCUT2D eigenvalue weighted by Crippen LogP contribution is -2.41. The van der Waals surface area contributed by atoms with Gasteiger partial charge in [-0.3, -0.25) is 14.7 Å². The van der Waals surface area contributed by atoms with E-state index >= 15 is 0 Å². The highest BCUT2D eigenvalue weighted by Crippen LogP contribution is 2.33. The Morgan fingerprint density at radius 2 is 2.08 bits per heavy atom. The second-order valence-corrected chi connectivity index (χ2v) is 6.77. The van der Waals surface area contributed by atoms with Gasteiger partial charge in [-0.1, -0.05) is 29.8 Å². The molecule has 1 saturated heterocycles. The van der Waals surface area contributed by atoms with Crippen LogP contribution in [0.3, 0.4) is 0 Å². The summed E-state index contributed by atoms with van der Waals surface area (Å²) in [6.07, 6.45) is 3.41. The van der Waals surface area contributed by atoms with Crippen LogP contribution in [0.15, 0.2) is 42.6 Å². The molecule has 1 aliphatic rings. The molecule has 5 heteroatoms. The molecule has 2 aromatic rings. The molecule has 1 aromatic heterocycles. The van der Waals surface area contributed by atoms with E-state index in [9.17, 15) is 9.90 Å². The van der Waals surface area contributed by atoms with Gasteiger partial charge in [-0.05, 0) is 55.6 Å². The first-order valence-corrected chi connectivity index (χ1v) is 8.58. The van der Waals surface area contributed by atoms with Crippen LogP contribution in [0.5, 0.6) is 0 Å². The number of benzene rings is 1. The van der Waals surface area contributed by atoms with Crippen LogP contribution in [-0.4, -0.2) is 34.0 Å². The molecule has 0 radical (unpaired) electrons. The number of carboxylic acid groups (broad SMARTS) is 1. The van der Waals surface area contributed by atoms with Gasteiger partial charge < -0.3 is 5.11 Å². The zero-order valence-electron chi connectivity index (χ0n) is 13.7. The number of aryl methyl sites for hydroxylation is 1. The molecule has 1 aliphatic heterocycles. The largest absolute Gasteiger partial charge is 0.481 e. The monoisotopic (exact) mass is 344 g/mol. The number of halogens is 1. The quantitative estimate of drug-likeness (QED) is 0.913. The van der Waals surface area contributed by atoms with Crippen molar-refractivity contribution >= 4 is 17.6 Å². The Morgan fingerprint density at radius 1 is 1.33 bits per heavy atom. The SMILES string of the molecule is Cc1cccnc1C(c1ccc(Cl)cc1)N1CCCC(C(=O)O)C1. The van der Waals surface area contributed by atoms with Crippen molar-refractivity contribution in [2.45, 2.75) is 25.8 Å². The first-order valence-electron chi connectivity index (χ1n) is 8.20. The molecule has 1 fully saturated rings. The molecule has 4 nitrogen and oxygen atoms in total. The molecular formula is C19H21ClN2O2. The van der Waals surface area contributed by atoms with E-state index in [-0.39, 0.29) is 12.0 Å². The van der Waals surface area contributed by atoms with E-state index in [1.54, 1.807) is 6.20 Å². The normalized spacial score (nSPS) is 19.8. The van der Waals surface area contributed by atoms with Crippen molar-refractivity contribution in [3.63, 3.8) is 0 Å². The predicted octanol–water partition coefficient (Wildman–Crippen LogP) is 3.93. The van der Waals surface area contributed by atoms with Crippen LogP contribution in [0.2, 0.25) is 5.02 Å². The molecule has 0 saturated carbocycles. The molecule has 0 spiro atoms. The summed E-state index contributed by atoms with van der Waals surface area (Å²) in [7, 11) is 0. The number of carbonyl (C=O) groups is 1. The van der Waals surface area contributed by atoms with Crippen molar-refractivity contribution in [3.05, 3.63) is 64.4 Å². The van der Waals surface area contributed by atoms with E-state index in [0.29, 0.717) is 11.6 Å². The van der Waals surface area contributed by atoms with Crippen molar-refractivity contribution in [1.82, 2.24) is 9.88 Å². The van der Waals surface area contributed by atoms with E-state index in [4.69, 9.17) is 11.6 Å². The molecule has 1 N–H and O–H groups in total. The van der Waals surface area contributed by atoms with Crippen LogP contribution in [0.1, 0.15) is 35.7 Å². The summed E-state index contributed by atoms with van der Waals surface area (Å²) < 4.78 is 0. The Kier molecular flexibility index (Phi) is 5.17. The standard InChI is InChI=1S/C19H21ClN2O2/c1-13-4-2-10-21-17(13)18(14-6-8-16(20)9-7-14)22-11-3-5-15(12-22)19(23)24/h2,4,6-10,15,18H,3,5,11-12H2,1H3,(H,23,24). The number of hydrogen-bond acceptors (Lipinski definition) is 3. The van der Waals surface area contributed by atoms with Crippen LogP contribution in [0, 0.1) is 12.8 Å². The fourth-order valence-electron chi connectivity index (χ4n) is 3.41. The van der Waals surface area contributed by atoms with Gasteiger partial charge in [0.15, 0.2) is 0 Å². The third-order valence-corrected chi connectivity index (χ3v) is 4.91. The van der Waals surface area contributed by atoms with Crippen LogP contribution in [-0.2, 0) is 4.79 Å². The Balaban J connectivity index is 2.00. The molecule has 0 amide bonds. The molecule has 2 unspecified atom stereocenters. The Hall–Kier alpha value is -1.91. The number of carboxylic acids is 1. The lowest BCUT2D eigenvalue weighted by atomic mass is 9.92. The van der Waals surface area contributed by atoms with Crippen LogP contribution < -0.4 is 0 Å². The molecule has 126 valence electrons. The zero-order valence-corrected chi connectivity index (χ0v) is 14.4. The molecule has 3 rings (SSSR count). The third-order valence-electron chi connectivity index (χ3n) is 4.66. The maximum absolute atomic E-state index is 11.4. The Morgan fingerprint density at radius 3 is 2.75 bits per heavy atom. The molecule has 0 aliphatic carbocycles. The average Bonchev–Trinajstić information content (AvgIpc) is 2.59. The summed E-state index contributed by atoms with van der Waals surface area (Å²) in [4.78, 5) is 18.3.